The van der Waals surface area contributed by atoms with Crippen molar-refractivity contribution >= 4 is 5.97 Å². The van der Waals surface area contributed by atoms with Gasteiger partial charge >= 0.3 is 5.97 Å². The Morgan fingerprint density at radius 2 is 1.85 bits per heavy atom. The van der Waals surface area contributed by atoms with Gasteiger partial charge in [0.1, 0.15) is 5.75 Å². The fourth-order valence-corrected chi connectivity index (χ4v) is 2.01. The smallest absolute Gasteiger partial charge is 0.307 e. The minimum atomic E-state index is -0.388. The zero-order valence-electron chi connectivity index (χ0n) is 11.2. The number of esters is 1. The number of ether oxygens (including phenoxy) is 1. The maximum atomic E-state index is 11.2. The molecule has 3 N–H and O–H groups in total. The van der Waals surface area contributed by atoms with Crippen LogP contribution in [0.25, 0.3) is 11.1 Å². The number of hydrogen-bond donors (Lipinski definition) is 2. The molecule has 20 heavy (non-hydrogen) atoms. The molecule has 4 heteroatoms. The summed E-state index contributed by atoms with van der Waals surface area (Å²) in [5, 5.41) is 9.81. The summed E-state index contributed by atoms with van der Waals surface area (Å²) in [6.45, 7) is 0. The second-order valence-corrected chi connectivity index (χ2v) is 4.53. The van der Waals surface area contributed by atoms with Crippen LogP contribution in [-0.2, 0) is 9.53 Å². The van der Waals surface area contributed by atoms with Crippen molar-refractivity contribution in [2.45, 2.75) is 12.5 Å². The molecule has 0 aliphatic rings. The third-order valence-corrected chi connectivity index (χ3v) is 3.17. The van der Waals surface area contributed by atoms with Crippen molar-refractivity contribution in [3.05, 3.63) is 54.1 Å². The van der Waals surface area contributed by atoms with E-state index in [0.717, 1.165) is 16.7 Å². The van der Waals surface area contributed by atoms with Gasteiger partial charge in [-0.3, -0.25) is 4.79 Å². The predicted octanol–water partition coefficient (Wildman–Crippen LogP) is 2.62. The number of carbonyl (C=O) groups is 1. The van der Waals surface area contributed by atoms with Crippen LogP contribution < -0.4 is 5.73 Å². The molecule has 104 valence electrons. The van der Waals surface area contributed by atoms with E-state index in [0.29, 0.717) is 0 Å². The molecular weight excluding hydrogens is 254 g/mol. The molecule has 0 fully saturated rings. The average Bonchev–Trinajstić information content (AvgIpc) is 2.47. The maximum absolute atomic E-state index is 11.2. The number of rotatable bonds is 4. The van der Waals surface area contributed by atoms with Crippen molar-refractivity contribution in [3.63, 3.8) is 0 Å². The Hall–Kier alpha value is -2.33. The first-order valence-corrected chi connectivity index (χ1v) is 6.32. The summed E-state index contributed by atoms with van der Waals surface area (Å²) < 4.78 is 4.60. The number of hydrogen-bond acceptors (Lipinski definition) is 4. The van der Waals surface area contributed by atoms with E-state index in [2.05, 4.69) is 4.74 Å². The molecule has 0 heterocycles. The molecule has 1 unspecified atom stereocenters. The first kappa shape index (κ1) is 14.1. The molecule has 0 radical (unpaired) electrons. The Morgan fingerprint density at radius 1 is 1.20 bits per heavy atom. The largest absolute Gasteiger partial charge is 0.507 e. The van der Waals surface area contributed by atoms with Crippen LogP contribution in [0.4, 0.5) is 0 Å². The highest BCUT2D eigenvalue weighted by molar-refractivity contribution is 5.71. The van der Waals surface area contributed by atoms with E-state index in [1.165, 1.54) is 7.11 Å². The van der Waals surface area contributed by atoms with Gasteiger partial charge in [0.05, 0.1) is 13.5 Å². The van der Waals surface area contributed by atoms with Crippen molar-refractivity contribution in [1.29, 1.82) is 0 Å². The second kappa shape index (κ2) is 6.21. The van der Waals surface area contributed by atoms with Crippen LogP contribution in [0.1, 0.15) is 18.0 Å². The highest BCUT2D eigenvalue weighted by Crippen LogP contribution is 2.29. The molecule has 2 rings (SSSR count). The van der Waals surface area contributed by atoms with Gasteiger partial charge in [-0.25, -0.2) is 0 Å². The Kier molecular flexibility index (Phi) is 4.38. The minimum absolute atomic E-state index is 0.145. The normalized spacial score (nSPS) is 11.9. The van der Waals surface area contributed by atoms with Gasteiger partial charge in [-0.15, -0.1) is 0 Å². The second-order valence-electron chi connectivity index (χ2n) is 4.53. The number of phenols is 1. The highest BCUT2D eigenvalue weighted by atomic mass is 16.5. The monoisotopic (exact) mass is 271 g/mol. The number of phenolic OH excluding ortho intramolecular Hbond substituents is 1. The molecule has 2 aromatic rings. The lowest BCUT2D eigenvalue weighted by Crippen LogP contribution is -2.16. The first-order valence-electron chi connectivity index (χ1n) is 6.32. The number of methoxy groups -OCH3 is 1. The van der Waals surface area contributed by atoms with Crippen molar-refractivity contribution in [2.75, 3.05) is 7.11 Å². The van der Waals surface area contributed by atoms with Crippen LogP contribution >= 0.6 is 0 Å². The number of carbonyl (C=O) groups excluding carboxylic acids is 1. The Morgan fingerprint density at radius 3 is 2.45 bits per heavy atom. The SMILES string of the molecule is COC(=O)CC(N)c1ccc(-c2ccccc2O)cc1. The number of para-hydroxylation sites is 1. The van der Waals surface area contributed by atoms with E-state index in [9.17, 15) is 9.90 Å². The van der Waals surface area contributed by atoms with Gasteiger partial charge in [0.25, 0.3) is 0 Å². The third kappa shape index (κ3) is 3.16. The van der Waals surface area contributed by atoms with Crippen molar-refractivity contribution in [3.8, 4) is 16.9 Å². The standard InChI is InChI=1S/C16H17NO3/c1-20-16(19)10-14(17)12-8-6-11(7-9-12)13-4-2-3-5-15(13)18/h2-9,14,18H,10,17H2,1H3. The summed E-state index contributed by atoms with van der Waals surface area (Å²) >= 11 is 0. The minimum Gasteiger partial charge on any atom is -0.507 e. The van der Waals surface area contributed by atoms with Gasteiger partial charge in [0.2, 0.25) is 0 Å². The lowest BCUT2D eigenvalue weighted by atomic mass is 9.99. The quantitative estimate of drug-likeness (QED) is 0.838. The van der Waals surface area contributed by atoms with Crippen LogP contribution in [0.5, 0.6) is 5.75 Å². The van der Waals surface area contributed by atoms with E-state index in [1.807, 2.05) is 36.4 Å². The molecule has 0 spiro atoms. The number of nitrogens with two attached hydrogens (primary N) is 1. The third-order valence-electron chi connectivity index (χ3n) is 3.17. The molecular formula is C16H17NO3. The molecule has 4 nitrogen and oxygen atoms in total. The molecule has 0 aromatic heterocycles. The fraction of sp³-hybridized carbons (Fsp3) is 0.188. The summed E-state index contributed by atoms with van der Waals surface area (Å²) in [5.41, 5.74) is 8.46. The Balaban J connectivity index is 2.18. The van der Waals surface area contributed by atoms with Crippen molar-refractivity contribution < 1.29 is 14.6 Å². The van der Waals surface area contributed by atoms with Gasteiger partial charge in [-0.05, 0) is 17.2 Å². The molecule has 0 aliphatic carbocycles. The molecule has 0 aliphatic heterocycles. The average molecular weight is 271 g/mol. The summed E-state index contributed by atoms with van der Waals surface area (Å²) in [6, 6.07) is 14.2. The number of aromatic hydroxyl groups is 1. The van der Waals surface area contributed by atoms with Crippen molar-refractivity contribution in [2.24, 2.45) is 5.73 Å². The zero-order valence-corrected chi connectivity index (χ0v) is 11.2. The van der Waals surface area contributed by atoms with E-state index >= 15 is 0 Å². The van der Waals surface area contributed by atoms with Crippen LogP contribution in [0.3, 0.4) is 0 Å². The number of benzene rings is 2. The molecule has 1 atom stereocenters. The van der Waals surface area contributed by atoms with E-state index in [4.69, 9.17) is 5.73 Å². The van der Waals surface area contributed by atoms with E-state index < -0.39 is 0 Å². The molecule has 0 saturated carbocycles. The van der Waals surface area contributed by atoms with Gasteiger partial charge < -0.3 is 15.6 Å². The van der Waals surface area contributed by atoms with Gasteiger partial charge in [-0.1, -0.05) is 42.5 Å². The predicted molar refractivity (Wildman–Crippen MR) is 77.1 cm³/mol. The lowest BCUT2D eigenvalue weighted by Gasteiger charge is -2.11. The summed E-state index contributed by atoms with van der Waals surface area (Å²) in [4.78, 5) is 11.2. The summed E-state index contributed by atoms with van der Waals surface area (Å²) in [6.07, 6.45) is 0.145. The zero-order chi connectivity index (χ0) is 14.5. The van der Waals surface area contributed by atoms with Crippen LogP contribution in [0.2, 0.25) is 0 Å². The maximum Gasteiger partial charge on any atom is 0.307 e. The first-order chi connectivity index (χ1) is 9.61. The van der Waals surface area contributed by atoms with Gasteiger partial charge in [-0.2, -0.15) is 0 Å². The Bertz CT molecular complexity index is 593. The van der Waals surface area contributed by atoms with E-state index in [-0.39, 0.29) is 24.2 Å². The highest BCUT2D eigenvalue weighted by Gasteiger charge is 2.12. The molecule has 0 bridgehead atoms. The molecule has 0 amide bonds. The molecule has 2 aromatic carbocycles. The van der Waals surface area contributed by atoms with Crippen LogP contribution in [0, 0.1) is 0 Å². The van der Waals surface area contributed by atoms with Gasteiger partial charge in [0, 0.05) is 11.6 Å². The van der Waals surface area contributed by atoms with E-state index in [1.54, 1.807) is 12.1 Å². The molecule has 0 saturated heterocycles. The summed E-state index contributed by atoms with van der Waals surface area (Å²) in [7, 11) is 1.34. The Labute approximate surface area is 117 Å². The van der Waals surface area contributed by atoms with Crippen LogP contribution in [0.15, 0.2) is 48.5 Å². The lowest BCUT2D eigenvalue weighted by molar-refractivity contribution is -0.141. The van der Waals surface area contributed by atoms with Crippen LogP contribution in [-0.4, -0.2) is 18.2 Å². The van der Waals surface area contributed by atoms with Crippen molar-refractivity contribution in [1.82, 2.24) is 0 Å². The van der Waals surface area contributed by atoms with Gasteiger partial charge in [0.15, 0.2) is 0 Å². The fourth-order valence-electron chi connectivity index (χ4n) is 2.01. The topological polar surface area (TPSA) is 72.5 Å². The summed E-state index contributed by atoms with van der Waals surface area (Å²) in [5.74, 6) is -0.0959.